The van der Waals surface area contributed by atoms with E-state index < -0.39 is 10.0 Å². The predicted molar refractivity (Wildman–Crippen MR) is 80.7 cm³/mol. The Morgan fingerprint density at radius 1 is 1.29 bits per heavy atom. The van der Waals surface area contributed by atoms with E-state index >= 15 is 0 Å². The van der Waals surface area contributed by atoms with Crippen molar-refractivity contribution in [1.29, 1.82) is 0 Å². The van der Waals surface area contributed by atoms with Crippen LogP contribution in [0.3, 0.4) is 0 Å². The fraction of sp³-hybridized carbons (Fsp3) is 0.0833. The highest BCUT2D eigenvalue weighted by Crippen LogP contribution is 2.32. The van der Waals surface area contributed by atoms with Gasteiger partial charge in [-0.05, 0) is 30.3 Å². The van der Waals surface area contributed by atoms with Gasteiger partial charge in [-0.25, -0.2) is 8.42 Å². The van der Waals surface area contributed by atoms with E-state index in [1.165, 1.54) is 18.2 Å². The van der Waals surface area contributed by atoms with Crippen molar-refractivity contribution in [3.05, 3.63) is 34.7 Å². The Labute approximate surface area is 129 Å². The molecule has 0 saturated heterocycles. The number of halogens is 1. The molecule has 2 heterocycles. The lowest BCUT2D eigenvalue weighted by Crippen LogP contribution is -2.25. The molecule has 0 radical (unpaired) electrons. The lowest BCUT2D eigenvalue weighted by Gasteiger charge is -2.18. The molecule has 6 nitrogen and oxygen atoms in total. The summed E-state index contributed by atoms with van der Waals surface area (Å²) in [5, 5.41) is 2.61. The van der Waals surface area contributed by atoms with Crippen molar-refractivity contribution in [2.45, 2.75) is 4.21 Å². The molecule has 0 fully saturated rings. The fourth-order valence-electron chi connectivity index (χ4n) is 1.79. The summed E-state index contributed by atoms with van der Waals surface area (Å²) in [7, 11) is -3.70. The number of hydrogen-bond donors (Lipinski definition) is 2. The van der Waals surface area contributed by atoms with Crippen LogP contribution >= 0.6 is 22.9 Å². The average Bonchev–Trinajstić information content (AvgIpc) is 2.85. The Kier molecular flexibility index (Phi) is 3.52. The summed E-state index contributed by atoms with van der Waals surface area (Å²) in [4.78, 5) is 11.3. The third kappa shape index (κ3) is 2.97. The minimum Gasteiger partial charge on any atom is -0.482 e. The maximum absolute atomic E-state index is 12.2. The third-order valence-corrected chi connectivity index (χ3v) is 5.78. The molecule has 0 unspecified atom stereocenters. The van der Waals surface area contributed by atoms with E-state index in [0.717, 1.165) is 11.3 Å². The van der Waals surface area contributed by atoms with Crippen LogP contribution in [-0.4, -0.2) is 20.9 Å². The number of amides is 1. The Balaban J connectivity index is 1.88. The van der Waals surface area contributed by atoms with Crippen LogP contribution in [0.15, 0.2) is 34.5 Å². The first-order valence-electron chi connectivity index (χ1n) is 5.79. The maximum atomic E-state index is 12.2. The Morgan fingerprint density at radius 2 is 2.10 bits per heavy atom. The minimum absolute atomic E-state index is 0.0498. The molecule has 21 heavy (non-hydrogen) atoms. The summed E-state index contributed by atoms with van der Waals surface area (Å²) in [5.74, 6) is 0.212. The van der Waals surface area contributed by atoms with Crippen LogP contribution < -0.4 is 14.8 Å². The molecule has 0 saturated carbocycles. The van der Waals surface area contributed by atoms with Crippen LogP contribution in [0.5, 0.6) is 5.75 Å². The van der Waals surface area contributed by atoms with Crippen molar-refractivity contribution >= 4 is 50.2 Å². The quantitative estimate of drug-likeness (QED) is 0.896. The highest BCUT2D eigenvalue weighted by Gasteiger charge is 2.20. The highest BCUT2D eigenvalue weighted by atomic mass is 35.5. The van der Waals surface area contributed by atoms with E-state index in [9.17, 15) is 13.2 Å². The topological polar surface area (TPSA) is 84.5 Å². The fourth-order valence-corrected chi connectivity index (χ4v) is 4.33. The zero-order valence-electron chi connectivity index (χ0n) is 10.4. The molecule has 3 rings (SSSR count). The number of fused-ring (bicyclic) bond motifs is 1. The molecule has 0 spiro atoms. The number of carbonyl (C=O) groups excluding carboxylic acids is 1. The van der Waals surface area contributed by atoms with Crippen molar-refractivity contribution in [3.63, 3.8) is 0 Å². The number of nitrogens with one attached hydrogen (secondary N) is 2. The van der Waals surface area contributed by atoms with E-state index in [-0.39, 0.29) is 16.7 Å². The summed E-state index contributed by atoms with van der Waals surface area (Å²) in [6.07, 6.45) is 0. The molecule has 0 bridgehead atoms. The van der Waals surface area contributed by atoms with E-state index in [1.54, 1.807) is 12.1 Å². The zero-order chi connectivity index (χ0) is 15.0. The summed E-state index contributed by atoms with van der Waals surface area (Å²) >= 11 is 6.71. The molecule has 110 valence electrons. The molecule has 0 atom stereocenters. The van der Waals surface area contributed by atoms with Crippen LogP contribution in [0, 0.1) is 0 Å². The van der Waals surface area contributed by atoms with Gasteiger partial charge < -0.3 is 10.1 Å². The largest absolute Gasteiger partial charge is 0.482 e. The van der Waals surface area contributed by atoms with Gasteiger partial charge in [0.25, 0.3) is 15.9 Å². The summed E-state index contributed by atoms with van der Waals surface area (Å²) in [6.45, 7) is -0.0498. The van der Waals surface area contributed by atoms with E-state index in [2.05, 4.69) is 10.0 Å². The smallest absolute Gasteiger partial charge is 0.271 e. The lowest BCUT2D eigenvalue weighted by atomic mass is 10.2. The molecule has 1 aromatic heterocycles. The minimum atomic E-state index is -3.70. The molecule has 1 amide bonds. The van der Waals surface area contributed by atoms with Crippen molar-refractivity contribution in [2.24, 2.45) is 0 Å². The van der Waals surface area contributed by atoms with Crippen LogP contribution in [0.4, 0.5) is 11.4 Å². The van der Waals surface area contributed by atoms with Crippen LogP contribution in [-0.2, 0) is 14.8 Å². The lowest BCUT2D eigenvalue weighted by molar-refractivity contribution is -0.118. The molecular formula is C12H9ClN2O4S2. The van der Waals surface area contributed by atoms with Crippen LogP contribution in [0.2, 0.25) is 4.34 Å². The molecule has 2 N–H and O–H groups in total. The molecule has 1 aliphatic rings. The third-order valence-electron chi connectivity index (χ3n) is 2.68. The molecular weight excluding hydrogens is 336 g/mol. The summed E-state index contributed by atoms with van der Waals surface area (Å²) < 4.78 is 32.5. The number of rotatable bonds is 3. The van der Waals surface area contributed by atoms with Crippen LogP contribution in [0.25, 0.3) is 0 Å². The van der Waals surface area contributed by atoms with Gasteiger partial charge in [-0.3, -0.25) is 9.52 Å². The van der Waals surface area contributed by atoms with Crippen molar-refractivity contribution in [1.82, 2.24) is 0 Å². The van der Waals surface area contributed by atoms with Gasteiger partial charge in [0.2, 0.25) is 0 Å². The monoisotopic (exact) mass is 344 g/mol. The van der Waals surface area contributed by atoms with Gasteiger partial charge in [0.05, 0.1) is 15.7 Å². The van der Waals surface area contributed by atoms with Gasteiger partial charge in [-0.2, -0.15) is 0 Å². The predicted octanol–water partition coefficient (Wildman–Crippen LogP) is 2.53. The van der Waals surface area contributed by atoms with Crippen molar-refractivity contribution in [3.8, 4) is 5.75 Å². The number of carbonyl (C=O) groups is 1. The van der Waals surface area contributed by atoms with Crippen LogP contribution in [0.1, 0.15) is 0 Å². The van der Waals surface area contributed by atoms with Crippen molar-refractivity contribution in [2.75, 3.05) is 16.6 Å². The second kappa shape index (κ2) is 5.21. The van der Waals surface area contributed by atoms with E-state index in [4.69, 9.17) is 16.3 Å². The number of thiophene rings is 1. The Bertz CT molecular complexity index is 816. The molecule has 0 aliphatic carbocycles. The second-order valence-corrected chi connectivity index (χ2v) is 7.84. The maximum Gasteiger partial charge on any atom is 0.271 e. The molecule has 2 aromatic rings. The van der Waals surface area contributed by atoms with Gasteiger partial charge in [0, 0.05) is 0 Å². The second-order valence-electron chi connectivity index (χ2n) is 4.21. The number of ether oxygens (including phenoxy) is 1. The standard InChI is InChI=1S/C12H9ClN2O4S2/c13-10-3-4-12(20-10)21(17,18)15-7-1-2-9-8(5-7)14-11(16)6-19-9/h1-5,15H,6H2,(H,14,16). The Hall–Kier alpha value is -1.77. The number of benzene rings is 1. The summed E-state index contributed by atoms with van der Waals surface area (Å²) in [6, 6.07) is 7.59. The number of anilines is 2. The summed E-state index contributed by atoms with van der Waals surface area (Å²) in [5.41, 5.74) is 0.750. The highest BCUT2D eigenvalue weighted by molar-refractivity contribution is 7.94. The number of sulfonamides is 1. The number of hydrogen-bond acceptors (Lipinski definition) is 5. The SMILES string of the molecule is O=C1COc2ccc(NS(=O)(=O)c3ccc(Cl)s3)cc2N1. The van der Waals surface area contributed by atoms with E-state index in [0.29, 0.717) is 21.5 Å². The van der Waals surface area contributed by atoms with Gasteiger partial charge in [0.15, 0.2) is 6.61 Å². The zero-order valence-corrected chi connectivity index (χ0v) is 12.8. The molecule has 1 aliphatic heterocycles. The normalized spacial score (nSPS) is 14.0. The van der Waals surface area contributed by atoms with Crippen molar-refractivity contribution < 1.29 is 17.9 Å². The molecule has 9 heteroatoms. The first-order valence-corrected chi connectivity index (χ1v) is 8.47. The average molecular weight is 345 g/mol. The van der Waals surface area contributed by atoms with Gasteiger partial charge >= 0.3 is 0 Å². The van der Waals surface area contributed by atoms with Gasteiger partial charge in [0.1, 0.15) is 9.96 Å². The first kappa shape index (κ1) is 14.2. The first-order chi connectivity index (χ1) is 9.94. The van der Waals surface area contributed by atoms with Gasteiger partial charge in [-0.15, -0.1) is 11.3 Å². The Morgan fingerprint density at radius 3 is 2.81 bits per heavy atom. The van der Waals surface area contributed by atoms with E-state index in [1.807, 2.05) is 0 Å². The molecule has 1 aromatic carbocycles. The van der Waals surface area contributed by atoms with Gasteiger partial charge in [-0.1, -0.05) is 11.6 Å².